The molecule has 0 aliphatic rings. The van der Waals surface area contributed by atoms with Crippen molar-refractivity contribution in [3.63, 3.8) is 0 Å². The number of halogens is 1. The minimum absolute atomic E-state index is 0.283. The molecule has 0 aliphatic carbocycles. The molecule has 7 heteroatoms. The van der Waals surface area contributed by atoms with Crippen molar-refractivity contribution in [1.29, 1.82) is 0 Å². The summed E-state index contributed by atoms with van der Waals surface area (Å²) < 4.78 is 9.34. The zero-order valence-electron chi connectivity index (χ0n) is 18.7. The molecule has 0 unspecified atom stereocenters. The Kier molecular flexibility index (Phi) is 5.08. The van der Waals surface area contributed by atoms with Crippen molar-refractivity contribution in [2.24, 2.45) is 5.10 Å². The minimum atomic E-state index is -0.283. The summed E-state index contributed by atoms with van der Waals surface area (Å²) >= 11 is 6.15. The second-order valence-corrected chi connectivity index (χ2v) is 8.69. The molecular weight excluding hydrogens is 460 g/mol. The van der Waals surface area contributed by atoms with Gasteiger partial charge in [-0.25, -0.2) is 4.98 Å². The highest BCUT2D eigenvalue weighted by atomic mass is 35.5. The summed E-state index contributed by atoms with van der Waals surface area (Å²) in [6.45, 7) is 2.05. The summed E-state index contributed by atoms with van der Waals surface area (Å²) in [5, 5.41) is 6.47. The molecule has 0 aliphatic heterocycles. The molecule has 6 aromatic rings. The third kappa shape index (κ3) is 3.84. The Morgan fingerprint density at radius 1 is 0.971 bits per heavy atom. The van der Waals surface area contributed by atoms with Crippen LogP contribution in [0.3, 0.4) is 0 Å². The Morgan fingerprint density at radius 2 is 1.86 bits per heavy atom. The topological polar surface area (TPSA) is 65.3 Å². The second kappa shape index (κ2) is 8.42. The third-order valence-electron chi connectivity index (χ3n) is 5.82. The fraction of sp³-hybridized carbons (Fsp3) is 0.0357. The number of nitrogens with zero attached hydrogens (tertiary/aromatic N) is 4. The van der Waals surface area contributed by atoms with Gasteiger partial charge in [-0.15, -0.1) is 0 Å². The molecule has 0 bridgehead atoms. The number of furan rings is 1. The van der Waals surface area contributed by atoms with Crippen molar-refractivity contribution in [2.75, 3.05) is 0 Å². The smallest absolute Gasteiger partial charge is 0.282 e. The van der Waals surface area contributed by atoms with Crippen LogP contribution in [-0.4, -0.2) is 20.4 Å². The first-order valence-corrected chi connectivity index (χ1v) is 11.4. The zero-order chi connectivity index (χ0) is 23.9. The molecule has 35 heavy (non-hydrogen) atoms. The highest BCUT2D eigenvalue weighted by Crippen LogP contribution is 2.29. The molecule has 0 saturated heterocycles. The Balaban J connectivity index is 1.53. The fourth-order valence-electron chi connectivity index (χ4n) is 4.14. The minimum Gasteiger partial charge on any atom is -0.453 e. The molecule has 0 fully saturated rings. The van der Waals surface area contributed by atoms with Gasteiger partial charge in [-0.1, -0.05) is 35.9 Å². The van der Waals surface area contributed by atoms with E-state index in [2.05, 4.69) is 11.2 Å². The number of benzene rings is 3. The lowest BCUT2D eigenvalue weighted by Crippen LogP contribution is -2.20. The van der Waals surface area contributed by atoms with Crippen LogP contribution in [0.15, 0.2) is 105 Å². The van der Waals surface area contributed by atoms with Gasteiger partial charge in [0.15, 0.2) is 5.76 Å². The van der Waals surface area contributed by atoms with Crippen LogP contribution in [0.25, 0.3) is 39.1 Å². The van der Waals surface area contributed by atoms with Crippen molar-refractivity contribution in [1.82, 2.24) is 14.2 Å². The molecule has 0 amide bonds. The van der Waals surface area contributed by atoms with Crippen molar-refractivity contribution in [2.45, 2.75) is 6.92 Å². The van der Waals surface area contributed by atoms with Gasteiger partial charge in [0, 0.05) is 22.3 Å². The average molecular weight is 479 g/mol. The molecule has 0 radical (unpaired) electrons. The summed E-state index contributed by atoms with van der Waals surface area (Å²) in [5.41, 5.74) is 3.92. The Morgan fingerprint density at radius 3 is 2.74 bits per heavy atom. The number of rotatable bonds is 4. The van der Waals surface area contributed by atoms with Crippen LogP contribution in [0.1, 0.15) is 11.3 Å². The van der Waals surface area contributed by atoms with Crippen molar-refractivity contribution in [3.05, 3.63) is 118 Å². The molecule has 3 heterocycles. The molecular formula is C28H19ClN4O2. The Labute approximate surface area is 205 Å². The van der Waals surface area contributed by atoms with E-state index in [1.165, 1.54) is 4.68 Å². The second-order valence-electron chi connectivity index (χ2n) is 8.25. The predicted molar refractivity (Wildman–Crippen MR) is 140 cm³/mol. The van der Waals surface area contributed by atoms with Crippen LogP contribution in [0.4, 0.5) is 0 Å². The van der Waals surface area contributed by atoms with Gasteiger partial charge in [0.1, 0.15) is 5.58 Å². The van der Waals surface area contributed by atoms with E-state index in [9.17, 15) is 4.79 Å². The van der Waals surface area contributed by atoms with Crippen molar-refractivity contribution < 1.29 is 4.42 Å². The van der Waals surface area contributed by atoms with Crippen LogP contribution in [0, 0.1) is 6.92 Å². The third-order valence-corrected chi connectivity index (χ3v) is 6.05. The van der Waals surface area contributed by atoms with Crippen LogP contribution in [0.5, 0.6) is 0 Å². The number of aryl methyl sites for hydroxylation is 1. The standard InChI is InChI=1S/C28H19ClN4O2/c1-18-6-4-7-21(14-18)32-13-5-8-22(32)17-30-33-27(31-24-10-3-2-9-23(24)28(33)34)26-16-19-15-20(29)11-12-25(19)35-26/h2-17H,1H3. The van der Waals surface area contributed by atoms with Gasteiger partial charge in [-0.2, -0.15) is 9.78 Å². The van der Waals surface area contributed by atoms with E-state index >= 15 is 0 Å². The summed E-state index contributed by atoms with van der Waals surface area (Å²) in [5.74, 6) is 0.738. The monoisotopic (exact) mass is 478 g/mol. The van der Waals surface area contributed by atoms with E-state index in [0.717, 1.165) is 22.3 Å². The number of para-hydroxylation sites is 1. The largest absolute Gasteiger partial charge is 0.453 e. The molecule has 3 aromatic carbocycles. The molecule has 6 rings (SSSR count). The summed E-state index contributed by atoms with van der Waals surface area (Å²) in [6.07, 6.45) is 3.62. The van der Waals surface area contributed by atoms with E-state index < -0.39 is 0 Å². The van der Waals surface area contributed by atoms with Crippen molar-refractivity contribution >= 4 is 39.7 Å². The summed E-state index contributed by atoms with van der Waals surface area (Å²) in [6, 6.07) is 26.4. The first-order valence-electron chi connectivity index (χ1n) is 11.1. The lowest BCUT2D eigenvalue weighted by molar-refractivity contribution is 0.616. The predicted octanol–water partition coefficient (Wildman–Crippen LogP) is 6.44. The zero-order valence-corrected chi connectivity index (χ0v) is 19.5. The summed E-state index contributed by atoms with van der Waals surface area (Å²) in [7, 11) is 0. The molecule has 170 valence electrons. The SMILES string of the molecule is Cc1cccc(-n2cccc2C=Nn2c(-c3cc4cc(Cl)ccc4o3)nc3ccccc3c2=O)c1. The van der Waals surface area contributed by atoms with Gasteiger partial charge in [-0.05, 0) is 73.2 Å². The van der Waals surface area contributed by atoms with Crippen LogP contribution in [0.2, 0.25) is 5.02 Å². The fourth-order valence-corrected chi connectivity index (χ4v) is 4.32. The molecule has 3 aromatic heterocycles. The average Bonchev–Trinajstić information content (AvgIpc) is 3.50. The highest BCUT2D eigenvalue weighted by molar-refractivity contribution is 6.31. The molecule has 0 saturated carbocycles. The van der Waals surface area contributed by atoms with E-state index in [-0.39, 0.29) is 5.56 Å². The van der Waals surface area contributed by atoms with Crippen LogP contribution in [-0.2, 0) is 0 Å². The van der Waals surface area contributed by atoms with Gasteiger partial charge in [0.05, 0.1) is 22.8 Å². The lowest BCUT2D eigenvalue weighted by atomic mass is 10.2. The maximum Gasteiger partial charge on any atom is 0.282 e. The number of aromatic nitrogens is 3. The van der Waals surface area contributed by atoms with E-state index in [1.54, 1.807) is 30.5 Å². The lowest BCUT2D eigenvalue weighted by Gasteiger charge is -2.09. The first kappa shape index (κ1) is 21.1. The number of hydrogen-bond acceptors (Lipinski definition) is 4. The normalized spacial score (nSPS) is 11.7. The van der Waals surface area contributed by atoms with Crippen LogP contribution < -0.4 is 5.56 Å². The van der Waals surface area contributed by atoms with E-state index in [1.807, 2.05) is 72.3 Å². The Bertz CT molecular complexity index is 1810. The maximum absolute atomic E-state index is 13.5. The van der Waals surface area contributed by atoms with E-state index in [4.69, 9.17) is 21.0 Å². The van der Waals surface area contributed by atoms with Crippen molar-refractivity contribution in [3.8, 4) is 17.3 Å². The van der Waals surface area contributed by atoms with E-state index in [0.29, 0.717) is 33.1 Å². The number of fused-ring (bicyclic) bond motifs is 2. The molecule has 6 nitrogen and oxygen atoms in total. The quantitative estimate of drug-likeness (QED) is 0.274. The molecule has 0 N–H and O–H groups in total. The van der Waals surface area contributed by atoms with Gasteiger partial charge in [0.25, 0.3) is 5.56 Å². The van der Waals surface area contributed by atoms with Gasteiger partial charge >= 0.3 is 0 Å². The summed E-state index contributed by atoms with van der Waals surface area (Å²) in [4.78, 5) is 18.2. The number of hydrogen-bond donors (Lipinski definition) is 0. The van der Waals surface area contributed by atoms with Gasteiger partial charge in [-0.3, -0.25) is 4.79 Å². The highest BCUT2D eigenvalue weighted by Gasteiger charge is 2.16. The van der Waals surface area contributed by atoms with Gasteiger partial charge < -0.3 is 8.98 Å². The molecule has 0 atom stereocenters. The molecule has 0 spiro atoms. The van der Waals surface area contributed by atoms with Gasteiger partial charge in [0.2, 0.25) is 5.82 Å². The maximum atomic E-state index is 13.5. The first-order chi connectivity index (χ1) is 17.1. The Hall–Kier alpha value is -4.42. The van der Waals surface area contributed by atoms with Crippen LogP contribution >= 0.6 is 11.6 Å².